The Balaban J connectivity index is 0.00000144. The molecule has 1 unspecified atom stereocenters. The lowest BCUT2D eigenvalue weighted by Crippen LogP contribution is -2.58. The summed E-state index contributed by atoms with van der Waals surface area (Å²) in [6.07, 6.45) is -7.04. The normalized spacial score (nSPS) is 45.5. The van der Waals surface area contributed by atoms with Crippen molar-refractivity contribution in [2.75, 3.05) is 6.61 Å². The summed E-state index contributed by atoms with van der Waals surface area (Å²) in [6, 6.07) is 0. The average Bonchev–Trinajstić information content (AvgIpc) is 2.08. The summed E-state index contributed by atoms with van der Waals surface area (Å²) in [5, 5.41) is 44.7. The van der Waals surface area contributed by atoms with E-state index in [0.717, 1.165) is 0 Å². The predicted molar refractivity (Wildman–Crippen MR) is 42.7 cm³/mol. The van der Waals surface area contributed by atoms with Crippen molar-refractivity contribution >= 4 is 0 Å². The maximum absolute atomic E-state index is 9.12. The molecular formula is C7H16O6. The zero-order valence-electron chi connectivity index (χ0n) is 6.24. The van der Waals surface area contributed by atoms with E-state index in [1.807, 2.05) is 0 Å². The van der Waals surface area contributed by atoms with Gasteiger partial charge in [-0.2, -0.15) is 0 Å². The molecule has 5 N–H and O–H groups in total. The smallest absolute Gasteiger partial charge is 0.184 e. The third-order valence-electron chi connectivity index (χ3n) is 1.87. The molecule has 0 aromatic carbocycles. The first kappa shape index (κ1) is 12.8. The minimum Gasteiger partial charge on any atom is -0.394 e. The lowest BCUT2D eigenvalue weighted by atomic mass is 10.00. The van der Waals surface area contributed by atoms with E-state index in [2.05, 4.69) is 4.74 Å². The van der Waals surface area contributed by atoms with Crippen LogP contribution in [0.3, 0.4) is 0 Å². The van der Waals surface area contributed by atoms with Crippen LogP contribution in [0.25, 0.3) is 0 Å². The van der Waals surface area contributed by atoms with Gasteiger partial charge in [-0.1, -0.05) is 7.43 Å². The van der Waals surface area contributed by atoms with Crippen molar-refractivity contribution in [3.05, 3.63) is 0 Å². The van der Waals surface area contributed by atoms with Gasteiger partial charge in [0.2, 0.25) is 0 Å². The van der Waals surface area contributed by atoms with Gasteiger partial charge in [0, 0.05) is 0 Å². The van der Waals surface area contributed by atoms with Crippen molar-refractivity contribution in [2.24, 2.45) is 0 Å². The Hall–Kier alpha value is -0.240. The lowest BCUT2D eigenvalue weighted by molar-refractivity contribution is -0.286. The highest BCUT2D eigenvalue weighted by Crippen LogP contribution is 2.18. The number of hydrogen-bond acceptors (Lipinski definition) is 6. The second-order valence-corrected chi connectivity index (χ2v) is 2.72. The largest absolute Gasteiger partial charge is 0.394 e. The van der Waals surface area contributed by atoms with Crippen LogP contribution in [-0.2, 0) is 4.74 Å². The maximum Gasteiger partial charge on any atom is 0.184 e. The van der Waals surface area contributed by atoms with Crippen LogP contribution in [-0.4, -0.2) is 62.8 Å². The van der Waals surface area contributed by atoms with Crippen LogP contribution >= 0.6 is 0 Å². The Morgan fingerprint density at radius 3 is 1.92 bits per heavy atom. The molecule has 1 heterocycles. The van der Waals surface area contributed by atoms with E-state index >= 15 is 0 Å². The van der Waals surface area contributed by atoms with Crippen molar-refractivity contribution in [3.63, 3.8) is 0 Å². The number of rotatable bonds is 1. The highest BCUT2D eigenvalue weighted by molar-refractivity contribution is 4.87. The molecule has 5 atom stereocenters. The minimum absolute atomic E-state index is 0. The van der Waals surface area contributed by atoms with Crippen molar-refractivity contribution in [1.82, 2.24) is 0 Å². The zero-order chi connectivity index (χ0) is 9.30. The second kappa shape index (κ2) is 4.85. The van der Waals surface area contributed by atoms with Crippen molar-refractivity contribution in [2.45, 2.75) is 38.1 Å². The average molecular weight is 196 g/mol. The highest BCUT2D eigenvalue weighted by atomic mass is 16.6. The first-order valence-corrected chi connectivity index (χ1v) is 3.56. The van der Waals surface area contributed by atoms with Crippen LogP contribution < -0.4 is 0 Å². The molecule has 80 valence electrons. The Morgan fingerprint density at radius 2 is 1.46 bits per heavy atom. The fourth-order valence-corrected chi connectivity index (χ4v) is 1.08. The zero-order valence-corrected chi connectivity index (χ0v) is 6.24. The molecule has 0 bridgehead atoms. The number of hydrogen-bond donors (Lipinski definition) is 5. The van der Waals surface area contributed by atoms with Gasteiger partial charge in [0.05, 0.1) is 6.61 Å². The number of aliphatic hydroxyl groups is 5. The molecule has 1 fully saturated rings. The summed E-state index contributed by atoms with van der Waals surface area (Å²) in [6.45, 7) is -0.526. The summed E-state index contributed by atoms with van der Waals surface area (Å²) < 4.78 is 4.58. The Labute approximate surface area is 76.0 Å². The third kappa shape index (κ3) is 2.37. The summed E-state index contributed by atoms with van der Waals surface area (Å²) in [5.41, 5.74) is 0. The first-order chi connectivity index (χ1) is 5.57. The molecule has 0 aliphatic carbocycles. The molecule has 0 radical (unpaired) electrons. The van der Waals surface area contributed by atoms with Gasteiger partial charge in [0.15, 0.2) is 6.29 Å². The molecular weight excluding hydrogens is 180 g/mol. The molecule has 1 aliphatic rings. The number of aliphatic hydroxyl groups excluding tert-OH is 5. The molecule has 13 heavy (non-hydrogen) atoms. The van der Waals surface area contributed by atoms with Gasteiger partial charge < -0.3 is 30.3 Å². The first-order valence-electron chi connectivity index (χ1n) is 3.56. The van der Waals surface area contributed by atoms with Crippen molar-refractivity contribution in [1.29, 1.82) is 0 Å². The molecule has 6 heteroatoms. The molecule has 0 saturated carbocycles. The quantitative estimate of drug-likeness (QED) is 0.315. The van der Waals surface area contributed by atoms with Gasteiger partial charge in [0.25, 0.3) is 0 Å². The minimum atomic E-state index is -1.57. The van der Waals surface area contributed by atoms with E-state index in [4.69, 9.17) is 25.5 Å². The van der Waals surface area contributed by atoms with Crippen molar-refractivity contribution < 1.29 is 30.3 Å². The van der Waals surface area contributed by atoms with Crippen LogP contribution in [0.5, 0.6) is 0 Å². The molecule has 0 spiro atoms. The van der Waals surface area contributed by atoms with E-state index < -0.39 is 37.3 Å². The summed E-state index contributed by atoms with van der Waals surface area (Å²) in [7, 11) is 0. The SMILES string of the molecule is C.OC[C@H]1OC(O)[C@@H](O)[C@@H](O)[C@@H]1O. The lowest BCUT2D eigenvalue weighted by Gasteiger charge is -2.37. The molecule has 0 aromatic heterocycles. The highest BCUT2D eigenvalue weighted by Gasteiger charge is 2.42. The Kier molecular flexibility index (Phi) is 4.76. The van der Waals surface area contributed by atoms with Crippen molar-refractivity contribution in [3.8, 4) is 0 Å². The van der Waals surface area contributed by atoms with E-state index in [1.165, 1.54) is 0 Å². The van der Waals surface area contributed by atoms with Gasteiger partial charge in [0.1, 0.15) is 24.4 Å². The standard InChI is InChI=1S/C6H12O6.CH4/c7-1-2-3(8)4(9)5(10)6(11)12-2;/h2-11H,1H2;1H4/t2-,3-,4+,5+,6?;/m1./s1. The van der Waals surface area contributed by atoms with Gasteiger partial charge in [-0.05, 0) is 0 Å². The van der Waals surface area contributed by atoms with E-state index in [-0.39, 0.29) is 7.43 Å². The second-order valence-electron chi connectivity index (χ2n) is 2.72. The molecule has 6 nitrogen and oxygen atoms in total. The van der Waals surface area contributed by atoms with Crippen LogP contribution in [0.2, 0.25) is 0 Å². The predicted octanol–water partition coefficient (Wildman–Crippen LogP) is -2.59. The van der Waals surface area contributed by atoms with E-state index in [9.17, 15) is 0 Å². The van der Waals surface area contributed by atoms with Crippen LogP contribution in [0.15, 0.2) is 0 Å². The fraction of sp³-hybridized carbons (Fsp3) is 1.00. The monoisotopic (exact) mass is 196 g/mol. The summed E-state index contributed by atoms with van der Waals surface area (Å²) in [4.78, 5) is 0. The molecule has 1 rings (SSSR count). The maximum atomic E-state index is 9.12. The molecule has 0 amide bonds. The molecule has 0 aromatic rings. The third-order valence-corrected chi connectivity index (χ3v) is 1.87. The Morgan fingerprint density at radius 1 is 0.923 bits per heavy atom. The summed E-state index contributed by atoms with van der Waals surface area (Å²) >= 11 is 0. The fourth-order valence-electron chi connectivity index (χ4n) is 1.08. The molecule has 1 saturated heterocycles. The van der Waals surface area contributed by atoms with Crippen LogP contribution in [0.4, 0.5) is 0 Å². The van der Waals surface area contributed by atoms with Crippen LogP contribution in [0.1, 0.15) is 7.43 Å². The van der Waals surface area contributed by atoms with Gasteiger partial charge in [-0.25, -0.2) is 0 Å². The van der Waals surface area contributed by atoms with Gasteiger partial charge >= 0.3 is 0 Å². The number of ether oxygens (including phenoxy) is 1. The van der Waals surface area contributed by atoms with Gasteiger partial charge in [-0.3, -0.25) is 0 Å². The van der Waals surface area contributed by atoms with Gasteiger partial charge in [-0.15, -0.1) is 0 Å². The Bertz CT molecular complexity index is 147. The van der Waals surface area contributed by atoms with E-state index in [0.29, 0.717) is 0 Å². The summed E-state index contributed by atoms with van der Waals surface area (Å²) in [5.74, 6) is 0. The van der Waals surface area contributed by atoms with E-state index in [1.54, 1.807) is 0 Å². The van der Waals surface area contributed by atoms with Crippen LogP contribution in [0, 0.1) is 0 Å². The molecule has 1 aliphatic heterocycles. The topological polar surface area (TPSA) is 110 Å².